The van der Waals surface area contributed by atoms with Gasteiger partial charge >= 0.3 is 6.18 Å². The lowest BCUT2D eigenvalue weighted by molar-refractivity contribution is -0.137. The van der Waals surface area contributed by atoms with Gasteiger partial charge in [0.05, 0.1) is 27.6 Å². The fourth-order valence-corrected chi connectivity index (χ4v) is 5.73. The lowest BCUT2D eigenvalue weighted by Gasteiger charge is -2.20. The molecule has 2 aromatic rings. The summed E-state index contributed by atoms with van der Waals surface area (Å²) in [6.07, 6.45) is 0.270. The van der Waals surface area contributed by atoms with Crippen molar-refractivity contribution in [3.8, 4) is 5.69 Å². The average Bonchev–Trinajstić information content (AvgIpc) is 3.04. The van der Waals surface area contributed by atoms with E-state index in [2.05, 4.69) is 4.98 Å². The normalized spacial score (nSPS) is 16.8. The first-order chi connectivity index (χ1) is 14.8. The molecule has 10 heteroatoms. The summed E-state index contributed by atoms with van der Waals surface area (Å²) >= 11 is 2.48. The van der Waals surface area contributed by atoms with Gasteiger partial charge in [0.15, 0.2) is 5.16 Å². The van der Waals surface area contributed by atoms with Crippen LogP contribution >= 0.6 is 23.5 Å². The minimum absolute atomic E-state index is 0.0355. The van der Waals surface area contributed by atoms with E-state index in [4.69, 9.17) is 0 Å². The Hall–Kier alpha value is -1.94. The van der Waals surface area contributed by atoms with Crippen LogP contribution in [0, 0.1) is 0 Å². The van der Waals surface area contributed by atoms with Crippen LogP contribution < -0.4 is 5.56 Å². The monoisotopic (exact) mass is 469 g/mol. The Labute approximate surface area is 186 Å². The van der Waals surface area contributed by atoms with Gasteiger partial charge in [-0.2, -0.15) is 13.2 Å². The molecular formula is C21H22F3N3O2S2. The first-order valence-electron chi connectivity index (χ1n) is 10.2. The predicted molar refractivity (Wildman–Crippen MR) is 115 cm³/mol. The summed E-state index contributed by atoms with van der Waals surface area (Å²) in [6, 6.07) is 4.67. The third-order valence-electron chi connectivity index (χ3n) is 5.38. The van der Waals surface area contributed by atoms with Crippen LogP contribution in [0.15, 0.2) is 39.1 Å². The first kappa shape index (κ1) is 22.3. The number of aromatic nitrogens is 2. The van der Waals surface area contributed by atoms with Gasteiger partial charge < -0.3 is 4.90 Å². The second kappa shape index (κ2) is 9.28. The van der Waals surface area contributed by atoms with Crippen LogP contribution in [0.3, 0.4) is 0 Å². The Morgan fingerprint density at radius 2 is 1.90 bits per heavy atom. The number of hydrogen-bond donors (Lipinski definition) is 0. The van der Waals surface area contributed by atoms with E-state index in [1.54, 1.807) is 0 Å². The number of fused-ring (bicyclic) bond motifs is 1. The van der Waals surface area contributed by atoms with Gasteiger partial charge in [-0.15, -0.1) is 11.8 Å². The van der Waals surface area contributed by atoms with Crippen molar-refractivity contribution in [3.63, 3.8) is 0 Å². The Balaban J connectivity index is 1.67. The molecule has 4 rings (SSSR count). The summed E-state index contributed by atoms with van der Waals surface area (Å²) in [5.41, 5.74) is -0.450. The van der Waals surface area contributed by atoms with Gasteiger partial charge in [0.25, 0.3) is 5.56 Å². The molecular weight excluding hydrogens is 447 g/mol. The van der Waals surface area contributed by atoms with E-state index < -0.39 is 11.7 Å². The first-order valence-corrected chi connectivity index (χ1v) is 12.2. The van der Waals surface area contributed by atoms with E-state index in [-0.39, 0.29) is 28.1 Å². The van der Waals surface area contributed by atoms with E-state index in [1.807, 2.05) is 4.90 Å². The molecule has 1 fully saturated rings. The SMILES string of the molecule is O=C(CSc1nc2c(c(=O)n1-c1cccc(C(F)(F)F)c1)SCC2)N1CCCCCC1. The van der Waals surface area contributed by atoms with Gasteiger partial charge in [-0.25, -0.2) is 4.98 Å². The molecule has 0 aliphatic carbocycles. The lowest BCUT2D eigenvalue weighted by atomic mass is 10.2. The molecule has 0 radical (unpaired) electrons. The second-order valence-electron chi connectivity index (χ2n) is 7.54. The van der Waals surface area contributed by atoms with Crippen molar-refractivity contribution < 1.29 is 18.0 Å². The number of alkyl halides is 3. The number of benzene rings is 1. The molecule has 0 saturated carbocycles. The minimum atomic E-state index is -4.52. The summed E-state index contributed by atoms with van der Waals surface area (Å²) in [7, 11) is 0. The van der Waals surface area contributed by atoms with Crippen LogP contribution in [-0.2, 0) is 17.4 Å². The van der Waals surface area contributed by atoms with Crippen LogP contribution in [0.25, 0.3) is 5.69 Å². The molecule has 1 amide bonds. The topological polar surface area (TPSA) is 55.2 Å². The molecule has 3 heterocycles. The standard InChI is InChI=1S/C21H22F3N3O2S2/c22-21(23,24)14-6-5-7-15(12-14)27-19(29)18-16(8-11-30-18)25-20(27)31-13-17(28)26-9-3-1-2-4-10-26/h5-7,12H,1-4,8-11,13H2. The van der Waals surface area contributed by atoms with E-state index in [1.165, 1.54) is 28.5 Å². The number of likely N-dealkylation sites (tertiary alicyclic amines) is 1. The molecule has 0 N–H and O–H groups in total. The zero-order chi connectivity index (χ0) is 22.0. The Morgan fingerprint density at radius 1 is 1.16 bits per heavy atom. The van der Waals surface area contributed by atoms with Crippen molar-refractivity contribution in [3.05, 3.63) is 45.9 Å². The molecule has 1 aromatic carbocycles. The summed E-state index contributed by atoms with van der Waals surface area (Å²) in [5, 5.41) is 0.258. The molecule has 0 atom stereocenters. The molecule has 166 valence electrons. The second-order valence-corrected chi connectivity index (χ2v) is 9.59. The quantitative estimate of drug-likeness (QED) is 0.491. The average molecular weight is 470 g/mol. The number of aryl methyl sites for hydroxylation is 1. The molecule has 0 spiro atoms. The highest BCUT2D eigenvalue weighted by Crippen LogP contribution is 2.33. The summed E-state index contributed by atoms with van der Waals surface area (Å²) < 4.78 is 40.9. The van der Waals surface area contributed by atoms with Crippen molar-refractivity contribution in [1.29, 1.82) is 0 Å². The maximum atomic E-state index is 13.2. The molecule has 31 heavy (non-hydrogen) atoms. The smallest absolute Gasteiger partial charge is 0.342 e. The summed E-state index contributed by atoms with van der Waals surface area (Å²) in [6.45, 7) is 1.43. The third-order valence-corrected chi connectivity index (χ3v) is 7.41. The summed E-state index contributed by atoms with van der Waals surface area (Å²) in [5.74, 6) is 0.768. The van der Waals surface area contributed by atoms with Gasteiger partial charge in [0.1, 0.15) is 0 Å². The molecule has 2 aliphatic heterocycles. The highest BCUT2D eigenvalue weighted by atomic mass is 32.2. The molecule has 0 bridgehead atoms. The van der Waals surface area contributed by atoms with E-state index in [9.17, 15) is 22.8 Å². The minimum Gasteiger partial charge on any atom is -0.342 e. The Bertz CT molecular complexity index is 1030. The largest absolute Gasteiger partial charge is 0.416 e. The number of rotatable bonds is 4. The Morgan fingerprint density at radius 3 is 2.61 bits per heavy atom. The van der Waals surface area contributed by atoms with Crippen molar-refractivity contribution >= 4 is 29.4 Å². The van der Waals surface area contributed by atoms with Gasteiger partial charge in [-0.05, 0) is 31.0 Å². The van der Waals surface area contributed by atoms with E-state index >= 15 is 0 Å². The Kier molecular flexibility index (Phi) is 6.66. The number of thioether (sulfide) groups is 2. The molecule has 5 nitrogen and oxygen atoms in total. The number of carbonyl (C=O) groups excluding carboxylic acids is 1. The van der Waals surface area contributed by atoms with Crippen LogP contribution in [0.1, 0.15) is 36.9 Å². The van der Waals surface area contributed by atoms with E-state index in [0.717, 1.165) is 49.6 Å². The van der Waals surface area contributed by atoms with Crippen molar-refractivity contribution in [2.75, 3.05) is 24.6 Å². The zero-order valence-electron chi connectivity index (χ0n) is 16.8. The maximum absolute atomic E-state index is 13.2. The van der Waals surface area contributed by atoms with Crippen molar-refractivity contribution in [2.24, 2.45) is 0 Å². The number of carbonyl (C=O) groups is 1. The summed E-state index contributed by atoms with van der Waals surface area (Å²) in [4.78, 5) is 32.7. The van der Waals surface area contributed by atoms with Crippen molar-refractivity contribution in [2.45, 2.75) is 48.3 Å². The fourth-order valence-electron chi connectivity index (χ4n) is 3.78. The van der Waals surface area contributed by atoms with Gasteiger partial charge in [-0.1, -0.05) is 30.7 Å². The van der Waals surface area contributed by atoms with Crippen LogP contribution in [0.2, 0.25) is 0 Å². The highest BCUT2D eigenvalue weighted by Gasteiger charge is 2.31. The molecule has 2 aliphatic rings. The van der Waals surface area contributed by atoms with Crippen LogP contribution in [0.5, 0.6) is 0 Å². The third kappa shape index (κ3) is 4.95. The number of amides is 1. The lowest BCUT2D eigenvalue weighted by Crippen LogP contribution is -2.33. The highest BCUT2D eigenvalue weighted by molar-refractivity contribution is 8.00. The molecule has 1 saturated heterocycles. The van der Waals surface area contributed by atoms with Crippen molar-refractivity contribution in [1.82, 2.24) is 14.5 Å². The van der Waals surface area contributed by atoms with Crippen LogP contribution in [-0.4, -0.2) is 45.0 Å². The van der Waals surface area contributed by atoms with E-state index in [0.29, 0.717) is 35.9 Å². The van der Waals surface area contributed by atoms with Gasteiger partial charge in [0, 0.05) is 25.3 Å². The molecule has 0 unspecified atom stereocenters. The fraction of sp³-hybridized carbons (Fsp3) is 0.476. The molecule has 1 aromatic heterocycles. The van der Waals surface area contributed by atoms with Gasteiger partial charge in [-0.3, -0.25) is 14.2 Å². The van der Waals surface area contributed by atoms with Crippen LogP contribution in [0.4, 0.5) is 13.2 Å². The number of nitrogens with zero attached hydrogens (tertiary/aromatic N) is 3. The number of hydrogen-bond acceptors (Lipinski definition) is 5. The predicted octanol–water partition coefficient (Wildman–Crippen LogP) is 4.39. The van der Waals surface area contributed by atoms with Gasteiger partial charge in [0.2, 0.25) is 5.91 Å². The number of halogens is 3. The maximum Gasteiger partial charge on any atom is 0.416 e. The zero-order valence-corrected chi connectivity index (χ0v) is 18.4.